The van der Waals surface area contributed by atoms with Gasteiger partial charge in [0, 0.05) is 12.5 Å². The van der Waals surface area contributed by atoms with Crippen molar-refractivity contribution in [1.82, 2.24) is 10.6 Å². The first-order valence-corrected chi connectivity index (χ1v) is 8.67. The van der Waals surface area contributed by atoms with Crippen LogP contribution < -0.4 is 10.6 Å². The Kier molecular flexibility index (Phi) is 6.34. The first kappa shape index (κ1) is 15.8. The third kappa shape index (κ3) is 4.76. The van der Waals surface area contributed by atoms with Gasteiger partial charge in [-0.3, -0.25) is 4.79 Å². The molecule has 0 aromatic heterocycles. The van der Waals surface area contributed by atoms with Gasteiger partial charge >= 0.3 is 0 Å². The van der Waals surface area contributed by atoms with E-state index in [2.05, 4.69) is 24.5 Å². The van der Waals surface area contributed by atoms with Crippen LogP contribution in [0.2, 0.25) is 0 Å². The van der Waals surface area contributed by atoms with E-state index in [-0.39, 0.29) is 5.91 Å². The van der Waals surface area contributed by atoms with Crippen LogP contribution in [0.25, 0.3) is 0 Å². The number of amides is 1. The van der Waals surface area contributed by atoms with Crippen LogP contribution in [0.3, 0.4) is 0 Å². The fourth-order valence-electron chi connectivity index (χ4n) is 3.89. The summed E-state index contributed by atoms with van der Waals surface area (Å²) in [6, 6.07) is 0.361. The second kappa shape index (κ2) is 8.02. The highest BCUT2D eigenvalue weighted by Crippen LogP contribution is 2.27. The molecule has 3 heteroatoms. The molecule has 1 saturated heterocycles. The Morgan fingerprint density at radius 2 is 1.80 bits per heavy atom. The van der Waals surface area contributed by atoms with Gasteiger partial charge in [-0.25, -0.2) is 0 Å². The molecule has 1 aliphatic carbocycles. The zero-order chi connectivity index (χ0) is 14.4. The van der Waals surface area contributed by atoms with Gasteiger partial charge in [-0.1, -0.05) is 26.2 Å². The molecular weight excluding hydrogens is 248 g/mol. The molecule has 1 aliphatic heterocycles. The number of carbonyl (C=O) groups excluding carboxylic acids is 1. The minimum Gasteiger partial charge on any atom is -0.353 e. The second-order valence-electron chi connectivity index (χ2n) is 7.04. The van der Waals surface area contributed by atoms with Crippen molar-refractivity contribution < 1.29 is 4.79 Å². The molecule has 2 unspecified atom stereocenters. The summed E-state index contributed by atoms with van der Waals surface area (Å²) >= 11 is 0. The molecule has 0 aromatic carbocycles. The van der Waals surface area contributed by atoms with E-state index in [1.54, 1.807) is 0 Å². The van der Waals surface area contributed by atoms with Crippen LogP contribution in [-0.2, 0) is 4.79 Å². The van der Waals surface area contributed by atoms with Crippen molar-refractivity contribution in [3.63, 3.8) is 0 Å². The molecular formula is C17H32N2O. The van der Waals surface area contributed by atoms with Crippen LogP contribution in [0.5, 0.6) is 0 Å². The van der Waals surface area contributed by atoms with Gasteiger partial charge in [0.05, 0.1) is 0 Å². The van der Waals surface area contributed by atoms with Crippen molar-refractivity contribution in [2.75, 3.05) is 13.1 Å². The Morgan fingerprint density at radius 3 is 2.45 bits per heavy atom. The number of nitrogens with one attached hydrogen (secondary N) is 2. The van der Waals surface area contributed by atoms with E-state index in [1.165, 1.54) is 44.9 Å². The maximum Gasteiger partial charge on any atom is 0.220 e. The average molecular weight is 280 g/mol. The lowest BCUT2D eigenvalue weighted by Crippen LogP contribution is -2.41. The standard InChI is InChI=1S/C17H32N2O/c1-13(16-9-6-10-18-12-16)11-17(20)19-14(2)15-7-4-3-5-8-15/h13-16,18H,3-12H2,1-2H3,(H,19,20)/t13?,14-,16?/m0/s1. The van der Waals surface area contributed by atoms with E-state index >= 15 is 0 Å². The number of carbonyl (C=O) groups is 1. The van der Waals surface area contributed by atoms with Crippen LogP contribution in [0.4, 0.5) is 0 Å². The quantitative estimate of drug-likeness (QED) is 0.812. The Morgan fingerprint density at radius 1 is 1.10 bits per heavy atom. The SMILES string of the molecule is CC(CC(=O)N[C@@H](C)C1CCCCC1)C1CCCNC1. The van der Waals surface area contributed by atoms with Gasteiger partial charge in [0.25, 0.3) is 0 Å². The van der Waals surface area contributed by atoms with E-state index in [0.717, 1.165) is 13.1 Å². The third-order valence-corrected chi connectivity index (χ3v) is 5.39. The number of rotatable bonds is 5. The predicted octanol–water partition coefficient (Wildman–Crippen LogP) is 3.10. The highest BCUT2D eigenvalue weighted by molar-refractivity contribution is 5.76. The third-order valence-electron chi connectivity index (χ3n) is 5.39. The summed E-state index contributed by atoms with van der Waals surface area (Å²) in [7, 11) is 0. The first-order chi connectivity index (χ1) is 9.66. The molecule has 1 heterocycles. The van der Waals surface area contributed by atoms with Gasteiger partial charge in [0.1, 0.15) is 0 Å². The lowest BCUT2D eigenvalue weighted by molar-refractivity contribution is -0.123. The lowest BCUT2D eigenvalue weighted by atomic mass is 9.83. The Balaban J connectivity index is 1.70. The van der Waals surface area contributed by atoms with Crippen LogP contribution in [0.1, 0.15) is 65.2 Å². The second-order valence-corrected chi connectivity index (χ2v) is 7.04. The molecule has 0 spiro atoms. The topological polar surface area (TPSA) is 41.1 Å². The molecule has 0 bridgehead atoms. The van der Waals surface area contributed by atoms with Crippen molar-refractivity contribution in [1.29, 1.82) is 0 Å². The van der Waals surface area contributed by atoms with Gasteiger partial charge in [-0.2, -0.15) is 0 Å². The molecule has 3 nitrogen and oxygen atoms in total. The molecule has 2 aliphatic rings. The normalized spacial score (nSPS) is 27.8. The summed E-state index contributed by atoms with van der Waals surface area (Å²) in [4.78, 5) is 12.2. The van der Waals surface area contributed by atoms with Crippen LogP contribution in [0.15, 0.2) is 0 Å². The van der Waals surface area contributed by atoms with E-state index < -0.39 is 0 Å². The maximum atomic E-state index is 12.2. The zero-order valence-electron chi connectivity index (χ0n) is 13.3. The molecule has 20 heavy (non-hydrogen) atoms. The molecule has 2 rings (SSSR count). The minimum absolute atomic E-state index is 0.265. The zero-order valence-corrected chi connectivity index (χ0v) is 13.3. The molecule has 0 radical (unpaired) electrons. The molecule has 1 amide bonds. The van der Waals surface area contributed by atoms with E-state index in [1.807, 2.05) is 0 Å². The van der Waals surface area contributed by atoms with E-state index in [0.29, 0.717) is 30.2 Å². The molecule has 3 atom stereocenters. The molecule has 1 saturated carbocycles. The van der Waals surface area contributed by atoms with Crippen molar-refractivity contribution in [3.8, 4) is 0 Å². The Labute approximate surface area is 124 Å². The van der Waals surface area contributed by atoms with Gasteiger partial charge < -0.3 is 10.6 Å². The smallest absolute Gasteiger partial charge is 0.220 e. The number of hydrogen-bond donors (Lipinski definition) is 2. The summed E-state index contributed by atoms with van der Waals surface area (Å²) in [6.45, 7) is 6.67. The summed E-state index contributed by atoms with van der Waals surface area (Å²) in [5.74, 6) is 2.15. The van der Waals surface area contributed by atoms with Crippen LogP contribution in [-0.4, -0.2) is 25.0 Å². The summed E-state index contributed by atoms with van der Waals surface area (Å²) in [5, 5.41) is 6.71. The molecule has 0 aromatic rings. The van der Waals surface area contributed by atoms with E-state index in [4.69, 9.17) is 0 Å². The summed E-state index contributed by atoms with van der Waals surface area (Å²) in [5.41, 5.74) is 0. The Hall–Kier alpha value is -0.570. The molecule has 2 fully saturated rings. The van der Waals surface area contributed by atoms with Crippen molar-refractivity contribution in [2.24, 2.45) is 17.8 Å². The van der Waals surface area contributed by atoms with Crippen molar-refractivity contribution >= 4 is 5.91 Å². The predicted molar refractivity (Wildman–Crippen MR) is 83.6 cm³/mol. The summed E-state index contributed by atoms with van der Waals surface area (Å²) in [6.07, 6.45) is 9.89. The fraction of sp³-hybridized carbons (Fsp3) is 0.941. The molecule has 2 N–H and O–H groups in total. The van der Waals surface area contributed by atoms with Gasteiger partial charge in [-0.15, -0.1) is 0 Å². The lowest BCUT2D eigenvalue weighted by Gasteiger charge is -2.30. The maximum absolute atomic E-state index is 12.2. The minimum atomic E-state index is 0.265. The number of piperidine rings is 1. The Bertz CT molecular complexity index is 265. The monoisotopic (exact) mass is 280 g/mol. The fourth-order valence-corrected chi connectivity index (χ4v) is 3.89. The van der Waals surface area contributed by atoms with Crippen LogP contribution in [0, 0.1) is 17.8 Å². The van der Waals surface area contributed by atoms with Gasteiger partial charge in [0.2, 0.25) is 5.91 Å². The summed E-state index contributed by atoms with van der Waals surface area (Å²) < 4.78 is 0. The van der Waals surface area contributed by atoms with Gasteiger partial charge in [-0.05, 0) is 63.5 Å². The highest BCUT2D eigenvalue weighted by Gasteiger charge is 2.25. The largest absolute Gasteiger partial charge is 0.353 e. The van der Waals surface area contributed by atoms with Gasteiger partial charge in [0.15, 0.2) is 0 Å². The van der Waals surface area contributed by atoms with Crippen molar-refractivity contribution in [3.05, 3.63) is 0 Å². The highest BCUT2D eigenvalue weighted by atomic mass is 16.1. The van der Waals surface area contributed by atoms with E-state index in [9.17, 15) is 4.79 Å². The average Bonchev–Trinajstić information content (AvgIpc) is 2.49. The van der Waals surface area contributed by atoms with Crippen LogP contribution >= 0.6 is 0 Å². The molecule has 116 valence electrons. The first-order valence-electron chi connectivity index (χ1n) is 8.67. The number of hydrogen-bond acceptors (Lipinski definition) is 2. The van der Waals surface area contributed by atoms with Crippen molar-refractivity contribution in [2.45, 2.75) is 71.3 Å².